The molecule has 1 amide bonds. The molecular formula is C25H17N3O5. The van der Waals surface area contributed by atoms with Crippen molar-refractivity contribution in [3.8, 4) is 22.8 Å². The number of carbonyl (C=O) groups excluding carboxylic acids is 1. The number of furan rings is 1. The Morgan fingerprint density at radius 3 is 2.52 bits per heavy atom. The number of para-hydroxylation sites is 2. The molecule has 1 N–H and O–H groups in total. The molecule has 8 heteroatoms. The molecule has 0 fully saturated rings. The quantitative estimate of drug-likeness (QED) is 0.273. The summed E-state index contributed by atoms with van der Waals surface area (Å²) < 4.78 is 11.4. The molecule has 0 saturated heterocycles. The fourth-order valence-electron chi connectivity index (χ4n) is 3.42. The summed E-state index contributed by atoms with van der Waals surface area (Å²) in [5, 5.41) is 13.8. The highest BCUT2D eigenvalue weighted by Gasteiger charge is 2.14. The van der Waals surface area contributed by atoms with E-state index in [2.05, 4.69) is 10.3 Å². The van der Waals surface area contributed by atoms with Gasteiger partial charge in [-0.3, -0.25) is 14.9 Å². The average Bonchev–Trinajstić information content (AvgIpc) is 3.51. The first kappa shape index (κ1) is 20.2. The van der Waals surface area contributed by atoms with Gasteiger partial charge in [0.15, 0.2) is 11.3 Å². The first-order valence-corrected chi connectivity index (χ1v) is 10.1. The molecule has 0 aliphatic heterocycles. The van der Waals surface area contributed by atoms with Gasteiger partial charge in [-0.2, -0.15) is 0 Å². The summed E-state index contributed by atoms with van der Waals surface area (Å²) in [6, 6.07) is 24.3. The normalized spacial score (nSPS) is 10.9. The standard InChI is InChI=1S/C25H17N3O5/c29-24(23-13-12-21(32-23)18-4-3-5-19(14-18)28(30)31)26-15-16-8-10-17(11-9-16)25-27-20-6-1-2-7-22(20)33-25/h1-14H,15H2,(H,26,29). The van der Waals surface area contributed by atoms with E-state index in [9.17, 15) is 14.9 Å². The SMILES string of the molecule is O=C(NCc1ccc(-c2nc3ccccc3o2)cc1)c1ccc(-c2cccc([N+](=O)[O-])c2)o1. The lowest BCUT2D eigenvalue weighted by molar-refractivity contribution is -0.384. The van der Waals surface area contributed by atoms with Crippen LogP contribution in [0.1, 0.15) is 16.1 Å². The molecule has 162 valence electrons. The molecule has 5 aromatic rings. The van der Waals surface area contributed by atoms with Crippen molar-refractivity contribution in [2.45, 2.75) is 6.54 Å². The summed E-state index contributed by atoms with van der Waals surface area (Å²) in [5.41, 5.74) is 3.75. The van der Waals surface area contributed by atoms with Crippen LogP contribution in [0.3, 0.4) is 0 Å². The van der Waals surface area contributed by atoms with Gasteiger partial charge in [0.25, 0.3) is 11.6 Å². The van der Waals surface area contributed by atoms with Crippen molar-refractivity contribution in [2.24, 2.45) is 0 Å². The molecule has 0 radical (unpaired) electrons. The molecule has 0 spiro atoms. The lowest BCUT2D eigenvalue weighted by Gasteiger charge is -2.04. The van der Waals surface area contributed by atoms with Gasteiger partial charge in [0.1, 0.15) is 11.3 Å². The average molecular weight is 439 g/mol. The molecular weight excluding hydrogens is 422 g/mol. The topological polar surface area (TPSA) is 111 Å². The number of hydrogen-bond donors (Lipinski definition) is 1. The Morgan fingerprint density at radius 1 is 0.909 bits per heavy atom. The van der Waals surface area contributed by atoms with Crippen LogP contribution in [0.25, 0.3) is 33.9 Å². The number of non-ortho nitro benzene ring substituents is 1. The van der Waals surface area contributed by atoms with Crippen LogP contribution in [0.15, 0.2) is 93.8 Å². The van der Waals surface area contributed by atoms with E-state index >= 15 is 0 Å². The maximum absolute atomic E-state index is 12.5. The Labute approximate surface area is 187 Å². The van der Waals surface area contributed by atoms with Crippen molar-refractivity contribution in [1.29, 1.82) is 0 Å². The van der Waals surface area contributed by atoms with E-state index in [1.54, 1.807) is 24.3 Å². The van der Waals surface area contributed by atoms with Crippen LogP contribution in [-0.4, -0.2) is 15.8 Å². The minimum Gasteiger partial charge on any atom is -0.451 e. The van der Waals surface area contributed by atoms with Crippen molar-refractivity contribution < 1.29 is 18.6 Å². The van der Waals surface area contributed by atoms with E-state index in [-0.39, 0.29) is 17.4 Å². The smallest absolute Gasteiger partial charge is 0.287 e. The molecule has 0 saturated carbocycles. The van der Waals surface area contributed by atoms with E-state index in [1.165, 1.54) is 12.1 Å². The van der Waals surface area contributed by atoms with Crippen LogP contribution < -0.4 is 5.32 Å². The first-order valence-electron chi connectivity index (χ1n) is 10.1. The Balaban J connectivity index is 1.24. The van der Waals surface area contributed by atoms with Gasteiger partial charge in [-0.25, -0.2) is 4.98 Å². The first-order chi connectivity index (χ1) is 16.1. The van der Waals surface area contributed by atoms with Gasteiger partial charge in [-0.15, -0.1) is 0 Å². The third-order valence-corrected chi connectivity index (χ3v) is 5.12. The highest BCUT2D eigenvalue weighted by Crippen LogP contribution is 2.26. The van der Waals surface area contributed by atoms with Crippen LogP contribution in [0.4, 0.5) is 5.69 Å². The predicted molar refractivity (Wildman–Crippen MR) is 121 cm³/mol. The lowest BCUT2D eigenvalue weighted by Crippen LogP contribution is -2.22. The van der Waals surface area contributed by atoms with Gasteiger partial charge in [0.2, 0.25) is 5.89 Å². The fourth-order valence-corrected chi connectivity index (χ4v) is 3.42. The van der Waals surface area contributed by atoms with Crippen molar-refractivity contribution in [3.05, 3.63) is 106 Å². The zero-order valence-electron chi connectivity index (χ0n) is 17.2. The molecule has 8 nitrogen and oxygen atoms in total. The minimum atomic E-state index is -0.477. The predicted octanol–water partition coefficient (Wildman–Crippen LogP) is 5.59. The number of amides is 1. The van der Waals surface area contributed by atoms with E-state index in [0.29, 0.717) is 23.8 Å². The van der Waals surface area contributed by atoms with E-state index in [0.717, 1.165) is 22.2 Å². The number of benzene rings is 3. The number of hydrogen-bond acceptors (Lipinski definition) is 6. The van der Waals surface area contributed by atoms with Crippen molar-refractivity contribution >= 4 is 22.7 Å². The number of oxazole rings is 1. The molecule has 2 aromatic heterocycles. The minimum absolute atomic E-state index is 0.0452. The Kier molecular flexibility index (Phi) is 5.16. The van der Waals surface area contributed by atoms with E-state index in [4.69, 9.17) is 8.83 Å². The second-order valence-electron chi connectivity index (χ2n) is 7.34. The zero-order valence-corrected chi connectivity index (χ0v) is 17.2. The maximum atomic E-state index is 12.5. The maximum Gasteiger partial charge on any atom is 0.287 e. The molecule has 33 heavy (non-hydrogen) atoms. The monoisotopic (exact) mass is 439 g/mol. The van der Waals surface area contributed by atoms with Crippen molar-refractivity contribution in [2.75, 3.05) is 0 Å². The molecule has 2 heterocycles. The van der Waals surface area contributed by atoms with Crippen LogP contribution in [0.2, 0.25) is 0 Å². The molecule has 0 unspecified atom stereocenters. The van der Waals surface area contributed by atoms with Crippen LogP contribution in [0.5, 0.6) is 0 Å². The fraction of sp³-hybridized carbons (Fsp3) is 0.0400. The van der Waals surface area contributed by atoms with Crippen LogP contribution in [-0.2, 0) is 6.54 Å². The molecule has 5 rings (SSSR count). The third kappa shape index (κ3) is 4.22. The van der Waals surface area contributed by atoms with Gasteiger partial charge in [-0.1, -0.05) is 36.4 Å². The molecule has 0 aliphatic rings. The molecule has 3 aromatic carbocycles. The number of fused-ring (bicyclic) bond motifs is 1. The van der Waals surface area contributed by atoms with Gasteiger partial charge >= 0.3 is 0 Å². The highest BCUT2D eigenvalue weighted by atomic mass is 16.6. The van der Waals surface area contributed by atoms with Gasteiger partial charge in [0.05, 0.1) is 4.92 Å². The molecule has 0 aliphatic carbocycles. The third-order valence-electron chi connectivity index (χ3n) is 5.12. The van der Waals surface area contributed by atoms with E-state index < -0.39 is 4.92 Å². The summed E-state index contributed by atoms with van der Waals surface area (Å²) in [5.74, 6) is 0.664. The number of aromatic nitrogens is 1. The Morgan fingerprint density at radius 2 is 1.73 bits per heavy atom. The molecule has 0 atom stereocenters. The largest absolute Gasteiger partial charge is 0.451 e. The summed E-state index contributed by atoms with van der Waals surface area (Å²) in [4.78, 5) is 27.5. The second kappa shape index (κ2) is 8.43. The van der Waals surface area contributed by atoms with E-state index in [1.807, 2.05) is 48.5 Å². The number of nitro groups is 1. The number of nitro benzene ring substituents is 1. The van der Waals surface area contributed by atoms with Gasteiger partial charge in [-0.05, 0) is 42.0 Å². The number of nitrogens with zero attached hydrogens (tertiary/aromatic N) is 2. The Bertz CT molecular complexity index is 1430. The highest BCUT2D eigenvalue weighted by molar-refractivity contribution is 5.92. The molecule has 0 bridgehead atoms. The zero-order chi connectivity index (χ0) is 22.8. The second-order valence-corrected chi connectivity index (χ2v) is 7.34. The number of nitrogens with one attached hydrogen (secondary N) is 1. The number of carbonyl (C=O) groups is 1. The lowest BCUT2D eigenvalue weighted by atomic mass is 10.1. The van der Waals surface area contributed by atoms with Crippen LogP contribution >= 0.6 is 0 Å². The summed E-state index contributed by atoms with van der Waals surface area (Å²) in [6.07, 6.45) is 0. The number of rotatable bonds is 6. The summed E-state index contributed by atoms with van der Waals surface area (Å²) in [7, 11) is 0. The summed E-state index contributed by atoms with van der Waals surface area (Å²) >= 11 is 0. The van der Waals surface area contributed by atoms with Crippen LogP contribution in [0, 0.1) is 10.1 Å². The van der Waals surface area contributed by atoms with Crippen molar-refractivity contribution in [3.63, 3.8) is 0 Å². The van der Waals surface area contributed by atoms with Crippen molar-refractivity contribution in [1.82, 2.24) is 10.3 Å². The van der Waals surface area contributed by atoms with Gasteiger partial charge < -0.3 is 14.2 Å². The summed E-state index contributed by atoms with van der Waals surface area (Å²) in [6.45, 7) is 0.305. The Hall–Kier alpha value is -4.72. The van der Waals surface area contributed by atoms with Gasteiger partial charge in [0, 0.05) is 29.8 Å².